The van der Waals surface area contributed by atoms with E-state index in [0.717, 1.165) is 0 Å². The number of carbonyl (C=O) groups excluding carboxylic acids is 2. The van der Waals surface area contributed by atoms with Crippen LogP contribution in [0.4, 0.5) is 9.59 Å². The first-order chi connectivity index (χ1) is 3.46. The minimum Gasteiger partial charge on any atom is -0.652 e. The van der Waals surface area contributed by atoms with Crippen LogP contribution in [0.3, 0.4) is 0 Å². The number of hydrogen-bond acceptors (Lipinski definition) is 6. The third-order valence-electron chi connectivity index (χ3n) is 0. The van der Waals surface area contributed by atoms with Crippen LogP contribution >= 0.6 is 0 Å². The van der Waals surface area contributed by atoms with Crippen LogP contribution in [-0.4, -0.2) is 12.3 Å². The molecule has 0 N–H and O–H groups in total. The molecule has 0 aliphatic heterocycles. The van der Waals surface area contributed by atoms with E-state index in [-0.39, 0.29) is 48.4 Å². The molecule has 48 valence electrons. The van der Waals surface area contributed by atoms with Crippen LogP contribution in [0.5, 0.6) is 0 Å². The van der Waals surface area contributed by atoms with E-state index >= 15 is 0 Å². The molecule has 0 atom stereocenters. The van der Waals surface area contributed by atoms with Crippen molar-refractivity contribution in [3.63, 3.8) is 0 Å². The van der Waals surface area contributed by atoms with Crippen molar-refractivity contribution in [1.82, 2.24) is 0 Å². The maximum atomic E-state index is 8.33. The van der Waals surface area contributed by atoms with Gasteiger partial charge in [0.1, 0.15) is 0 Å². The van der Waals surface area contributed by atoms with Gasteiger partial charge in [0.05, 0.1) is 0 Å². The Hall–Kier alpha value is 0.137. The van der Waals surface area contributed by atoms with Crippen LogP contribution in [0.2, 0.25) is 0 Å². The Balaban J connectivity index is -0.0000000300. The van der Waals surface area contributed by atoms with Gasteiger partial charge in [-0.05, 0) is 12.3 Å². The molecule has 0 amide bonds. The third kappa shape index (κ3) is 22000. The Morgan fingerprint density at radius 3 is 0.800 bits per heavy atom. The molecule has 0 heterocycles. The van der Waals surface area contributed by atoms with Gasteiger partial charge in [0.15, 0.2) is 0 Å². The summed E-state index contributed by atoms with van der Waals surface area (Å²) in [6.45, 7) is 0. The van der Waals surface area contributed by atoms with E-state index in [1.807, 2.05) is 0 Å². The summed E-state index contributed by atoms with van der Waals surface area (Å²) < 4.78 is 0. The zero-order valence-corrected chi connectivity index (χ0v) is 7.45. The van der Waals surface area contributed by atoms with Crippen molar-refractivity contribution in [2.75, 3.05) is 0 Å². The molecule has 0 bridgehead atoms. The molecule has 0 aromatic carbocycles. The van der Waals surface area contributed by atoms with Crippen molar-refractivity contribution in [1.29, 1.82) is 0 Å². The molecular weight excluding hydrogens is 150 g/mol. The smallest absolute Gasteiger partial charge is 0.652 e. The van der Waals surface area contributed by atoms with Gasteiger partial charge in [-0.2, -0.15) is 0 Å². The summed E-state index contributed by atoms with van der Waals surface area (Å²) in [7, 11) is 0. The molecule has 0 rings (SSSR count). The van der Waals surface area contributed by atoms with Crippen LogP contribution in [0.15, 0.2) is 0 Å². The maximum Gasteiger partial charge on any atom is 1.00 e. The minimum atomic E-state index is -2.33. The Bertz CT molecular complexity index is 73.7. The fourth-order valence-electron chi connectivity index (χ4n) is 0. The summed E-state index contributed by atoms with van der Waals surface area (Å²) >= 11 is 0. The van der Waals surface area contributed by atoms with Gasteiger partial charge >= 0.3 is 48.4 Å². The largest absolute Gasteiger partial charge is 1.00 e. The molecular formula is C2LiNaO6-2. The Morgan fingerprint density at radius 1 is 0.800 bits per heavy atom. The van der Waals surface area contributed by atoms with Gasteiger partial charge in [0, 0.05) is 0 Å². The van der Waals surface area contributed by atoms with Crippen LogP contribution in [0, 0.1) is 0 Å². The summed E-state index contributed by atoms with van der Waals surface area (Å²) in [6.07, 6.45) is -4.67. The van der Waals surface area contributed by atoms with Gasteiger partial charge < -0.3 is 30.0 Å². The molecule has 0 fully saturated rings. The molecule has 10 heavy (non-hydrogen) atoms. The van der Waals surface area contributed by atoms with Gasteiger partial charge in [-0.1, -0.05) is 0 Å². The van der Waals surface area contributed by atoms with E-state index in [0.29, 0.717) is 0 Å². The molecule has 0 radical (unpaired) electrons. The van der Waals surface area contributed by atoms with Crippen molar-refractivity contribution in [3.8, 4) is 0 Å². The predicted octanol–water partition coefficient (Wildman–Crippen LogP) is -10.9. The van der Waals surface area contributed by atoms with Gasteiger partial charge in [0.2, 0.25) is 0 Å². The van der Waals surface area contributed by atoms with E-state index in [1.165, 1.54) is 0 Å². The second-order valence-electron chi connectivity index (χ2n) is 0.500. The van der Waals surface area contributed by atoms with Gasteiger partial charge in [0.25, 0.3) is 0 Å². The fraction of sp³-hybridized carbons (Fsp3) is 0. The van der Waals surface area contributed by atoms with Crippen LogP contribution in [-0.2, 0) is 0 Å². The number of hydrogen-bond donors (Lipinski definition) is 0. The normalized spacial score (nSPS) is 4.80. The second kappa shape index (κ2) is 16.1. The van der Waals surface area contributed by atoms with E-state index in [4.69, 9.17) is 30.0 Å². The second-order valence-corrected chi connectivity index (χ2v) is 0.500. The number of carbonyl (C=O) groups is 2. The average Bonchev–Trinajstić information content (AvgIpc) is 1.25. The zero-order chi connectivity index (χ0) is 7.15. The van der Waals surface area contributed by atoms with Crippen LogP contribution in [0.1, 0.15) is 0 Å². The standard InChI is InChI=1S/2CH2O3.Li.Na/c2*2-1(3)4;;/h2*(H2,2,3,4);;/q;;2*+1/p-4. The van der Waals surface area contributed by atoms with Crippen LogP contribution < -0.4 is 68.8 Å². The molecule has 0 saturated heterocycles. The van der Waals surface area contributed by atoms with Crippen molar-refractivity contribution in [3.05, 3.63) is 0 Å². The molecule has 0 spiro atoms. The molecule has 0 aromatic rings. The van der Waals surface area contributed by atoms with Crippen molar-refractivity contribution >= 4 is 12.3 Å². The quantitative estimate of drug-likeness (QED) is 0.315. The fourth-order valence-corrected chi connectivity index (χ4v) is 0. The zero-order valence-electron chi connectivity index (χ0n) is 5.45. The summed E-state index contributed by atoms with van der Waals surface area (Å²) in [4.78, 5) is 16.7. The van der Waals surface area contributed by atoms with Crippen molar-refractivity contribution < 1.29 is 78.4 Å². The molecule has 0 unspecified atom stereocenters. The first-order valence-corrected chi connectivity index (χ1v) is 1.22. The van der Waals surface area contributed by atoms with Gasteiger partial charge in [-0.25, -0.2) is 0 Å². The van der Waals surface area contributed by atoms with Crippen molar-refractivity contribution in [2.24, 2.45) is 0 Å². The molecule has 0 aliphatic carbocycles. The predicted molar refractivity (Wildman–Crippen MR) is 10.8 cm³/mol. The van der Waals surface area contributed by atoms with Gasteiger partial charge in [-0.15, -0.1) is 0 Å². The van der Waals surface area contributed by atoms with Crippen LogP contribution in [0.25, 0.3) is 0 Å². The molecule has 6 nitrogen and oxygen atoms in total. The summed E-state index contributed by atoms with van der Waals surface area (Å²) in [5, 5.41) is 33.3. The monoisotopic (exact) mass is 150 g/mol. The molecule has 0 saturated carbocycles. The Morgan fingerprint density at radius 2 is 0.800 bits per heavy atom. The summed E-state index contributed by atoms with van der Waals surface area (Å²) in [5.74, 6) is 0. The third-order valence-corrected chi connectivity index (χ3v) is 0. The topological polar surface area (TPSA) is 126 Å². The van der Waals surface area contributed by atoms with E-state index in [1.54, 1.807) is 0 Å². The molecule has 0 aliphatic rings. The maximum absolute atomic E-state index is 8.33. The summed E-state index contributed by atoms with van der Waals surface area (Å²) in [6, 6.07) is 0. The number of carboxylic acid groups (broad SMARTS) is 4. The molecule has 8 heteroatoms. The van der Waals surface area contributed by atoms with E-state index in [9.17, 15) is 0 Å². The van der Waals surface area contributed by atoms with Gasteiger partial charge in [-0.3, -0.25) is 0 Å². The summed E-state index contributed by atoms with van der Waals surface area (Å²) in [5.41, 5.74) is 0. The Kier molecular flexibility index (Phi) is 36.1. The number of rotatable bonds is 0. The van der Waals surface area contributed by atoms with Crippen molar-refractivity contribution in [2.45, 2.75) is 0 Å². The Labute approximate surface area is 90.3 Å². The molecule has 0 aromatic heterocycles. The minimum absolute atomic E-state index is 0. The SMILES string of the molecule is O=C([O-])[O-].O=C([O-])[O-].[Li+].[Na+]. The van der Waals surface area contributed by atoms with E-state index < -0.39 is 12.3 Å². The van der Waals surface area contributed by atoms with E-state index in [2.05, 4.69) is 0 Å². The average molecular weight is 150 g/mol. The first kappa shape index (κ1) is 22.5. The first-order valence-electron chi connectivity index (χ1n) is 1.22.